The fraction of sp³-hybridized carbons (Fsp3) is 0.286. The van der Waals surface area contributed by atoms with Gasteiger partial charge in [-0.2, -0.15) is 0 Å². The van der Waals surface area contributed by atoms with Crippen LogP contribution in [0.2, 0.25) is 0 Å². The number of aliphatic hydroxyl groups is 1. The zero-order valence-corrected chi connectivity index (χ0v) is 16.7. The van der Waals surface area contributed by atoms with E-state index in [0.29, 0.717) is 17.1 Å². The lowest BCUT2D eigenvalue weighted by Gasteiger charge is -2.08. The lowest BCUT2D eigenvalue weighted by molar-refractivity contribution is 0.202. The van der Waals surface area contributed by atoms with E-state index in [1.807, 2.05) is 31.6 Å². The predicted molar refractivity (Wildman–Crippen MR) is 119 cm³/mol. The number of aliphatic hydroxyl groups excluding tert-OH is 1. The van der Waals surface area contributed by atoms with Gasteiger partial charge in [0.2, 0.25) is 0 Å². The van der Waals surface area contributed by atoms with E-state index in [-0.39, 0.29) is 13.2 Å². The highest BCUT2D eigenvalue weighted by Crippen LogP contribution is 2.23. The van der Waals surface area contributed by atoms with Gasteiger partial charge in [-0.1, -0.05) is 0 Å². The number of nitrogen functional groups attached to an aromatic ring is 3. The molecule has 0 saturated carbocycles. The number of nitrogens with one attached hydrogen (secondary N) is 1. The molecule has 8 N–H and O–H groups in total. The van der Waals surface area contributed by atoms with Crippen LogP contribution in [0.15, 0.2) is 55.1 Å². The standard InChI is InChI=1S/C13H18N4.C8H12N2O2/c1-11-9-12(3-4-13(11)14)16-5-2-7-17-8-6-15-10-17;9-6-1-2-8(7(10)5-6)12-4-3-11/h3-4,6,8-10,16H,2,5,7,14H2,1H3;1-2,5,11H,3-4,9-10H2. The topological polar surface area (TPSA) is 137 Å². The molecule has 0 fully saturated rings. The Morgan fingerprint density at radius 3 is 2.59 bits per heavy atom. The van der Waals surface area contributed by atoms with Crippen molar-refractivity contribution in [1.82, 2.24) is 9.55 Å². The summed E-state index contributed by atoms with van der Waals surface area (Å²) in [6, 6.07) is 11.0. The number of aryl methyl sites for hydroxylation is 2. The van der Waals surface area contributed by atoms with Crippen molar-refractivity contribution in [2.45, 2.75) is 19.9 Å². The van der Waals surface area contributed by atoms with Crippen molar-refractivity contribution in [2.75, 3.05) is 42.3 Å². The van der Waals surface area contributed by atoms with Gasteiger partial charge in [-0.25, -0.2) is 4.98 Å². The average molecular weight is 399 g/mol. The summed E-state index contributed by atoms with van der Waals surface area (Å²) >= 11 is 0. The van der Waals surface area contributed by atoms with Crippen molar-refractivity contribution in [3.63, 3.8) is 0 Å². The Balaban J connectivity index is 0.000000221. The Morgan fingerprint density at radius 2 is 1.93 bits per heavy atom. The molecule has 0 saturated heterocycles. The number of nitrogens with two attached hydrogens (primary N) is 3. The first kappa shape index (κ1) is 21.9. The number of nitrogens with zero attached hydrogens (tertiary/aromatic N) is 2. The summed E-state index contributed by atoms with van der Waals surface area (Å²) in [6.07, 6.45) is 6.69. The van der Waals surface area contributed by atoms with E-state index < -0.39 is 0 Å². The first-order chi connectivity index (χ1) is 14.0. The maximum atomic E-state index is 8.48. The summed E-state index contributed by atoms with van der Waals surface area (Å²) < 4.78 is 7.19. The van der Waals surface area contributed by atoms with Gasteiger partial charge in [0.15, 0.2) is 0 Å². The van der Waals surface area contributed by atoms with Gasteiger partial charge in [-0.15, -0.1) is 0 Å². The molecule has 0 spiro atoms. The van der Waals surface area contributed by atoms with Gasteiger partial charge in [0, 0.05) is 42.5 Å². The minimum atomic E-state index is -0.0240. The number of imidazole rings is 1. The van der Waals surface area contributed by atoms with E-state index in [2.05, 4.69) is 20.9 Å². The Morgan fingerprint density at radius 1 is 1.10 bits per heavy atom. The second kappa shape index (κ2) is 11.5. The van der Waals surface area contributed by atoms with Crippen LogP contribution < -0.4 is 27.3 Å². The molecule has 8 heteroatoms. The molecule has 2 aromatic carbocycles. The van der Waals surface area contributed by atoms with E-state index in [1.165, 1.54) is 0 Å². The number of hydrogen-bond donors (Lipinski definition) is 5. The van der Waals surface area contributed by atoms with Gasteiger partial charge in [-0.05, 0) is 55.3 Å². The van der Waals surface area contributed by atoms with Crippen LogP contribution in [0.3, 0.4) is 0 Å². The second-order valence-electron chi connectivity index (χ2n) is 6.52. The summed E-state index contributed by atoms with van der Waals surface area (Å²) in [5.41, 5.74) is 21.0. The van der Waals surface area contributed by atoms with Crippen molar-refractivity contribution in [3.8, 4) is 5.75 Å². The molecule has 0 aliphatic rings. The average Bonchev–Trinajstić information content (AvgIpc) is 3.21. The highest BCUT2D eigenvalue weighted by atomic mass is 16.5. The van der Waals surface area contributed by atoms with Crippen LogP contribution >= 0.6 is 0 Å². The van der Waals surface area contributed by atoms with Gasteiger partial charge in [-0.3, -0.25) is 0 Å². The molecule has 0 aliphatic carbocycles. The fourth-order valence-electron chi connectivity index (χ4n) is 2.55. The van der Waals surface area contributed by atoms with Gasteiger partial charge >= 0.3 is 0 Å². The SMILES string of the molecule is Cc1cc(NCCCn2ccnc2)ccc1N.Nc1ccc(OCCO)c(N)c1. The quantitative estimate of drug-likeness (QED) is 0.290. The van der Waals surface area contributed by atoms with Crippen LogP contribution in [0.4, 0.5) is 22.7 Å². The molecule has 29 heavy (non-hydrogen) atoms. The molecular formula is C21H30N6O2. The highest BCUT2D eigenvalue weighted by Gasteiger charge is 1.99. The van der Waals surface area contributed by atoms with Gasteiger partial charge < -0.3 is 36.9 Å². The summed E-state index contributed by atoms with van der Waals surface area (Å²) in [5.74, 6) is 0.554. The number of ether oxygens (including phenoxy) is 1. The molecule has 156 valence electrons. The Hall–Kier alpha value is -3.39. The second-order valence-corrected chi connectivity index (χ2v) is 6.52. The normalized spacial score (nSPS) is 10.1. The van der Waals surface area contributed by atoms with Crippen molar-refractivity contribution >= 4 is 22.7 Å². The van der Waals surface area contributed by atoms with E-state index in [0.717, 1.165) is 36.4 Å². The molecule has 0 atom stereocenters. The monoisotopic (exact) mass is 398 g/mol. The smallest absolute Gasteiger partial charge is 0.142 e. The van der Waals surface area contributed by atoms with E-state index in [9.17, 15) is 0 Å². The summed E-state index contributed by atoms with van der Waals surface area (Å²) in [4.78, 5) is 4.01. The van der Waals surface area contributed by atoms with Crippen molar-refractivity contribution in [2.24, 2.45) is 0 Å². The first-order valence-corrected chi connectivity index (χ1v) is 9.44. The third-order valence-corrected chi connectivity index (χ3v) is 4.13. The lowest BCUT2D eigenvalue weighted by Crippen LogP contribution is -2.06. The molecule has 3 rings (SSSR count). The number of aromatic nitrogens is 2. The third kappa shape index (κ3) is 7.63. The molecule has 0 amide bonds. The van der Waals surface area contributed by atoms with Crippen LogP contribution in [-0.2, 0) is 6.54 Å². The van der Waals surface area contributed by atoms with Crippen molar-refractivity contribution < 1.29 is 9.84 Å². The Kier molecular flexibility index (Phi) is 8.65. The van der Waals surface area contributed by atoms with Crippen LogP contribution in [-0.4, -0.2) is 34.4 Å². The fourth-order valence-corrected chi connectivity index (χ4v) is 2.55. The van der Waals surface area contributed by atoms with Crippen molar-refractivity contribution in [1.29, 1.82) is 0 Å². The molecule has 1 aromatic heterocycles. The zero-order valence-electron chi connectivity index (χ0n) is 16.7. The maximum absolute atomic E-state index is 8.48. The minimum absolute atomic E-state index is 0.0240. The summed E-state index contributed by atoms with van der Waals surface area (Å²) in [7, 11) is 0. The molecular weight excluding hydrogens is 368 g/mol. The third-order valence-electron chi connectivity index (χ3n) is 4.13. The minimum Gasteiger partial charge on any atom is -0.489 e. The molecule has 8 nitrogen and oxygen atoms in total. The largest absolute Gasteiger partial charge is 0.489 e. The number of benzene rings is 2. The molecule has 1 heterocycles. The van der Waals surface area contributed by atoms with Crippen LogP contribution in [0.25, 0.3) is 0 Å². The summed E-state index contributed by atoms with van der Waals surface area (Å²) in [6.45, 7) is 4.17. The highest BCUT2D eigenvalue weighted by molar-refractivity contribution is 5.60. The lowest BCUT2D eigenvalue weighted by atomic mass is 10.2. The Labute approximate surface area is 171 Å². The maximum Gasteiger partial charge on any atom is 0.142 e. The van der Waals surface area contributed by atoms with E-state index >= 15 is 0 Å². The molecule has 3 aromatic rings. The number of hydrogen-bond acceptors (Lipinski definition) is 7. The number of anilines is 4. The molecule has 0 bridgehead atoms. The van der Waals surface area contributed by atoms with Gasteiger partial charge in [0.05, 0.1) is 18.6 Å². The van der Waals surface area contributed by atoms with Crippen LogP contribution in [0.1, 0.15) is 12.0 Å². The summed E-state index contributed by atoms with van der Waals surface area (Å²) in [5, 5.41) is 11.9. The van der Waals surface area contributed by atoms with Crippen molar-refractivity contribution in [3.05, 3.63) is 60.7 Å². The van der Waals surface area contributed by atoms with E-state index in [1.54, 1.807) is 24.4 Å². The Bertz CT molecular complexity index is 868. The van der Waals surface area contributed by atoms with Gasteiger partial charge in [0.25, 0.3) is 0 Å². The van der Waals surface area contributed by atoms with Crippen LogP contribution in [0.5, 0.6) is 5.75 Å². The number of rotatable bonds is 8. The predicted octanol–water partition coefficient (Wildman–Crippen LogP) is 2.50. The first-order valence-electron chi connectivity index (χ1n) is 9.44. The van der Waals surface area contributed by atoms with E-state index in [4.69, 9.17) is 27.0 Å². The van der Waals surface area contributed by atoms with Crippen LogP contribution in [0, 0.1) is 6.92 Å². The van der Waals surface area contributed by atoms with Gasteiger partial charge in [0.1, 0.15) is 12.4 Å². The zero-order chi connectivity index (χ0) is 21.1. The molecule has 0 unspecified atom stereocenters. The molecule has 0 aliphatic heterocycles. The molecule has 0 radical (unpaired) electrons.